The molecule has 3 heteroatoms. The van der Waals surface area contributed by atoms with Crippen LogP contribution >= 0.6 is 0 Å². The molecule has 0 amide bonds. The van der Waals surface area contributed by atoms with Crippen molar-refractivity contribution >= 4 is 11.6 Å². The molecule has 1 aliphatic carbocycles. The number of rotatable bonds is 3. The number of pyridine rings is 1. The Kier molecular flexibility index (Phi) is 2.08. The molecule has 0 atom stereocenters. The normalized spacial score (nSPS) is 15.8. The summed E-state index contributed by atoms with van der Waals surface area (Å²) in [6.45, 7) is 3.17. The number of hydrogen-bond donors (Lipinski definition) is 1. The minimum atomic E-state index is 0.608. The fourth-order valence-electron chi connectivity index (χ4n) is 1.59. The van der Waals surface area contributed by atoms with Crippen molar-refractivity contribution in [2.24, 2.45) is 0 Å². The average molecular weight is 177 g/mol. The highest BCUT2D eigenvalue weighted by molar-refractivity contribution is 5.46. The van der Waals surface area contributed by atoms with Gasteiger partial charge in [-0.25, -0.2) is 4.98 Å². The third-order valence-electron chi connectivity index (χ3n) is 2.38. The summed E-state index contributed by atoms with van der Waals surface area (Å²) < 4.78 is 0. The Labute approximate surface area is 78.6 Å². The lowest BCUT2D eigenvalue weighted by Crippen LogP contribution is -2.26. The second-order valence-electron chi connectivity index (χ2n) is 3.44. The molecule has 1 aromatic rings. The lowest BCUT2D eigenvalue weighted by molar-refractivity contribution is 0.809. The molecule has 0 aromatic carbocycles. The molecule has 70 valence electrons. The molecule has 2 N–H and O–H groups in total. The van der Waals surface area contributed by atoms with Gasteiger partial charge in [0.1, 0.15) is 11.6 Å². The SMILES string of the molecule is CCN(c1cccc(N)n1)C1CC1. The van der Waals surface area contributed by atoms with Crippen LogP contribution in [-0.2, 0) is 0 Å². The molecular weight excluding hydrogens is 162 g/mol. The van der Waals surface area contributed by atoms with Crippen molar-refractivity contribution in [3.8, 4) is 0 Å². The van der Waals surface area contributed by atoms with Gasteiger partial charge in [-0.2, -0.15) is 0 Å². The van der Waals surface area contributed by atoms with Crippen LogP contribution in [0.25, 0.3) is 0 Å². The highest BCUT2D eigenvalue weighted by Gasteiger charge is 2.28. The fraction of sp³-hybridized carbons (Fsp3) is 0.500. The molecule has 2 rings (SSSR count). The Morgan fingerprint density at radius 2 is 2.31 bits per heavy atom. The minimum absolute atomic E-state index is 0.608. The monoisotopic (exact) mass is 177 g/mol. The van der Waals surface area contributed by atoms with Crippen molar-refractivity contribution in [1.29, 1.82) is 0 Å². The van der Waals surface area contributed by atoms with Crippen LogP contribution in [0.15, 0.2) is 18.2 Å². The number of nitrogen functional groups attached to an aromatic ring is 1. The minimum Gasteiger partial charge on any atom is -0.384 e. The summed E-state index contributed by atoms with van der Waals surface area (Å²) in [5.74, 6) is 1.63. The second kappa shape index (κ2) is 3.24. The van der Waals surface area contributed by atoms with Crippen LogP contribution in [0.1, 0.15) is 19.8 Å². The van der Waals surface area contributed by atoms with E-state index in [0.29, 0.717) is 11.9 Å². The second-order valence-corrected chi connectivity index (χ2v) is 3.44. The number of hydrogen-bond acceptors (Lipinski definition) is 3. The molecule has 0 saturated heterocycles. The van der Waals surface area contributed by atoms with E-state index in [1.54, 1.807) is 0 Å². The van der Waals surface area contributed by atoms with Gasteiger partial charge in [-0.15, -0.1) is 0 Å². The van der Waals surface area contributed by atoms with Gasteiger partial charge in [0, 0.05) is 12.6 Å². The van der Waals surface area contributed by atoms with Gasteiger partial charge >= 0.3 is 0 Å². The third kappa shape index (κ3) is 1.74. The number of anilines is 2. The lowest BCUT2D eigenvalue weighted by Gasteiger charge is -2.21. The van der Waals surface area contributed by atoms with Gasteiger partial charge in [-0.1, -0.05) is 6.07 Å². The van der Waals surface area contributed by atoms with Gasteiger partial charge in [0.2, 0.25) is 0 Å². The van der Waals surface area contributed by atoms with Crippen LogP contribution in [-0.4, -0.2) is 17.6 Å². The molecule has 1 saturated carbocycles. The van der Waals surface area contributed by atoms with Crippen LogP contribution in [0.2, 0.25) is 0 Å². The first-order chi connectivity index (χ1) is 6.31. The topological polar surface area (TPSA) is 42.1 Å². The summed E-state index contributed by atoms with van der Waals surface area (Å²) in [7, 11) is 0. The number of nitrogens with zero attached hydrogens (tertiary/aromatic N) is 2. The third-order valence-corrected chi connectivity index (χ3v) is 2.38. The molecule has 1 fully saturated rings. The maximum Gasteiger partial charge on any atom is 0.131 e. The molecule has 0 aliphatic heterocycles. The Bertz CT molecular complexity index is 294. The van der Waals surface area contributed by atoms with Crippen LogP contribution in [0.5, 0.6) is 0 Å². The molecule has 0 bridgehead atoms. The molecule has 1 aromatic heterocycles. The zero-order valence-electron chi connectivity index (χ0n) is 7.90. The van der Waals surface area contributed by atoms with E-state index in [1.165, 1.54) is 12.8 Å². The molecular formula is C10H15N3. The van der Waals surface area contributed by atoms with Gasteiger partial charge in [0.15, 0.2) is 0 Å². The standard InChI is InChI=1S/C10H15N3/c1-2-13(8-6-7-8)10-5-3-4-9(11)12-10/h3-5,8H,2,6-7H2,1H3,(H2,11,12). The first-order valence-corrected chi connectivity index (χ1v) is 4.80. The van der Waals surface area contributed by atoms with Crippen molar-refractivity contribution in [2.75, 3.05) is 17.2 Å². The van der Waals surface area contributed by atoms with Crippen LogP contribution in [0, 0.1) is 0 Å². The first-order valence-electron chi connectivity index (χ1n) is 4.80. The number of nitrogens with two attached hydrogens (primary N) is 1. The van der Waals surface area contributed by atoms with Crippen LogP contribution in [0.3, 0.4) is 0 Å². The quantitative estimate of drug-likeness (QED) is 0.763. The fourth-order valence-corrected chi connectivity index (χ4v) is 1.59. The Morgan fingerprint density at radius 1 is 1.54 bits per heavy atom. The largest absolute Gasteiger partial charge is 0.384 e. The molecule has 13 heavy (non-hydrogen) atoms. The van der Waals surface area contributed by atoms with E-state index in [1.807, 2.05) is 18.2 Å². The Hall–Kier alpha value is -1.25. The highest BCUT2D eigenvalue weighted by Crippen LogP contribution is 2.30. The lowest BCUT2D eigenvalue weighted by atomic mass is 10.4. The van der Waals surface area contributed by atoms with Gasteiger partial charge in [-0.05, 0) is 31.9 Å². The summed E-state index contributed by atoms with van der Waals surface area (Å²) >= 11 is 0. The van der Waals surface area contributed by atoms with Crippen LogP contribution in [0.4, 0.5) is 11.6 Å². The van der Waals surface area contributed by atoms with Gasteiger partial charge < -0.3 is 10.6 Å². The summed E-state index contributed by atoms with van der Waals surface area (Å²) in [6, 6.07) is 6.52. The predicted octanol–water partition coefficient (Wildman–Crippen LogP) is 1.65. The highest BCUT2D eigenvalue weighted by atomic mass is 15.2. The van der Waals surface area contributed by atoms with E-state index in [4.69, 9.17) is 5.73 Å². The molecule has 0 radical (unpaired) electrons. The Balaban J connectivity index is 2.21. The molecule has 1 aliphatic rings. The molecule has 1 heterocycles. The van der Waals surface area contributed by atoms with Gasteiger partial charge in [-0.3, -0.25) is 0 Å². The van der Waals surface area contributed by atoms with Crippen LogP contribution < -0.4 is 10.6 Å². The summed E-state index contributed by atoms with van der Waals surface area (Å²) in [4.78, 5) is 6.63. The van der Waals surface area contributed by atoms with Crippen molar-refractivity contribution in [3.63, 3.8) is 0 Å². The smallest absolute Gasteiger partial charge is 0.131 e. The summed E-state index contributed by atoms with van der Waals surface area (Å²) in [6.07, 6.45) is 2.59. The maximum atomic E-state index is 5.63. The molecule has 3 nitrogen and oxygen atoms in total. The zero-order valence-corrected chi connectivity index (χ0v) is 7.90. The molecule has 0 spiro atoms. The average Bonchev–Trinajstić information content (AvgIpc) is 2.90. The van der Waals surface area contributed by atoms with E-state index in [9.17, 15) is 0 Å². The molecule has 0 unspecified atom stereocenters. The van der Waals surface area contributed by atoms with E-state index in [-0.39, 0.29) is 0 Å². The zero-order chi connectivity index (χ0) is 9.26. The van der Waals surface area contributed by atoms with Crippen molar-refractivity contribution in [1.82, 2.24) is 4.98 Å². The number of aromatic nitrogens is 1. The first kappa shape index (κ1) is 8.35. The summed E-state index contributed by atoms with van der Waals surface area (Å²) in [5.41, 5.74) is 5.63. The maximum absolute atomic E-state index is 5.63. The van der Waals surface area contributed by atoms with E-state index < -0.39 is 0 Å². The Morgan fingerprint density at radius 3 is 2.85 bits per heavy atom. The van der Waals surface area contributed by atoms with Crippen molar-refractivity contribution in [2.45, 2.75) is 25.8 Å². The van der Waals surface area contributed by atoms with E-state index in [2.05, 4.69) is 16.8 Å². The van der Waals surface area contributed by atoms with Crippen molar-refractivity contribution in [3.05, 3.63) is 18.2 Å². The van der Waals surface area contributed by atoms with E-state index >= 15 is 0 Å². The van der Waals surface area contributed by atoms with Gasteiger partial charge in [0.05, 0.1) is 0 Å². The predicted molar refractivity (Wildman–Crippen MR) is 54.7 cm³/mol. The summed E-state index contributed by atoms with van der Waals surface area (Å²) in [5, 5.41) is 0. The van der Waals surface area contributed by atoms with E-state index in [0.717, 1.165) is 12.4 Å². The van der Waals surface area contributed by atoms with Crippen molar-refractivity contribution < 1.29 is 0 Å². The van der Waals surface area contributed by atoms with Gasteiger partial charge in [0.25, 0.3) is 0 Å².